The van der Waals surface area contributed by atoms with Crippen molar-refractivity contribution in [3.05, 3.63) is 22.7 Å². The van der Waals surface area contributed by atoms with Crippen molar-refractivity contribution >= 4 is 17.5 Å². The van der Waals surface area contributed by atoms with E-state index in [0.717, 1.165) is 12.8 Å². The first-order valence-corrected chi connectivity index (χ1v) is 7.10. The van der Waals surface area contributed by atoms with E-state index < -0.39 is 0 Å². The molecule has 1 rings (SSSR count). The van der Waals surface area contributed by atoms with Crippen LogP contribution in [0.5, 0.6) is 0 Å². The van der Waals surface area contributed by atoms with Crippen molar-refractivity contribution in [2.45, 2.75) is 46.5 Å². The summed E-state index contributed by atoms with van der Waals surface area (Å²) in [5.41, 5.74) is 0.268. The topological polar surface area (TPSA) is 54.9 Å². The Morgan fingerprint density at radius 2 is 2.05 bits per heavy atom. The third kappa shape index (κ3) is 5.15. The maximum absolute atomic E-state index is 12.0. The molecule has 0 unspecified atom stereocenters. The van der Waals surface area contributed by atoms with Crippen molar-refractivity contribution in [3.63, 3.8) is 0 Å². The number of nitrogens with one attached hydrogen (secondary N) is 1. The van der Waals surface area contributed by atoms with Gasteiger partial charge in [-0.3, -0.25) is 4.79 Å². The molecule has 0 bridgehead atoms. The molecule has 0 aliphatic heterocycles. The number of hydrogen-bond donors (Lipinski definition) is 1. The largest absolute Gasteiger partial charge is 0.351 e. The van der Waals surface area contributed by atoms with Crippen LogP contribution in [-0.2, 0) is 0 Å². The van der Waals surface area contributed by atoms with Crippen LogP contribution in [0.3, 0.4) is 0 Å². The second-order valence-electron chi connectivity index (χ2n) is 5.37. The van der Waals surface area contributed by atoms with Crippen LogP contribution in [0.1, 0.15) is 62.8 Å². The molecule has 1 N–H and O–H groups in total. The normalized spacial score (nSPS) is 11.1. The molecule has 0 spiro atoms. The van der Waals surface area contributed by atoms with Gasteiger partial charge in [-0.1, -0.05) is 39.3 Å². The Kier molecular flexibility index (Phi) is 6.22. The Morgan fingerprint density at radius 1 is 1.37 bits per heavy atom. The molecule has 0 aromatic carbocycles. The minimum Gasteiger partial charge on any atom is -0.351 e. The first kappa shape index (κ1) is 15.9. The Labute approximate surface area is 120 Å². The molecule has 1 amide bonds. The van der Waals surface area contributed by atoms with Crippen molar-refractivity contribution in [2.75, 3.05) is 6.54 Å². The quantitative estimate of drug-likeness (QED) is 0.814. The molecule has 0 saturated carbocycles. The van der Waals surface area contributed by atoms with E-state index in [9.17, 15) is 4.79 Å². The number of carbonyl (C=O) groups is 1. The number of halogens is 1. The predicted octanol–water partition coefficient (Wildman–Crippen LogP) is 3.42. The van der Waals surface area contributed by atoms with Crippen LogP contribution in [0.2, 0.25) is 5.02 Å². The molecule has 0 aliphatic carbocycles. The van der Waals surface area contributed by atoms with E-state index in [2.05, 4.69) is 29.1 Å². The van der Waals surface area contributed by atoms with E-state index in [0.29, 0.717) is 23.3 Å². The molecule has 1 heterocycles. The summed E-state index contributed by atoms with van der Waals surface area (Å²) in [4.78, 5) is 20.3. The molecule has 0 fully saturated rings. The zero-order chi connectivity index (χ0) is 14.4. The molecular formula is C14H22ClN3O. The summed E-state index contributed by atoms with van der Waals surface area (Å²) < 4.78 is 0. The minimum atomic E-state index is -0.224. The van der Waals surface area contributed by atoms with Crippen molar-refractivity contribution in [2.24, 2.45) is 5.92 Å². The summed E-state index contributed by atoms with van der Waals surface area (Å²) in [7, 11) is 0. The maximum Gasteiger partial charge on any atom is 0.271 e. The molecule has 0 radical (unpaired) electrons. The standard InChI is InChI=1S/C14H22ClN3O/c1-9(2)6-5-7-16-14(19)12-11(15)8-17-13(18-12)10(3)4/h8-10H,5-7H2,1-4H3,(H,16,19). The van der Waals surface area contributed by atoms with E-state index >= 15 is 0 Å². The predicted molar refractivity (Wildman–Crippen MR) is 77.5 cm³/mol. The van der Waals surface area contributed by atoms with Gasteiger partial charge in [-0.05, 0) is 18.8 Å². The average molecular weight is 284 g/mol. The van der Waals surface area contributed by atoms with Crippen LogP contribution in [0.25, 0.3) is 0 Å². The lowest BCUT2D eigenvalue weighted by atomic mass is 10.1. The highest BCUT2D eigenvalue weighted by Gasteiger charge is 2.14. The molecule has 0 saturated heterocycles. The fourth-order valence-corrected chi connectivity index (χ4v) is 1.79. The van der Waals surface area contributed by atoms with E-state index in [-0.39, 0.29) is 17.5 Å². The second kappa shape index (κ2) is 7.43. The van der Waals surface area contributed by atoms with Crippen molar-refractivity contribution in [1.29, 1.82) is 0 Å². The van der Waals surface area contributed by atoms with E-state index in [1.165, 1.54) is 6.20 Å². The highest BCUT2D eigenvalue weighted by atomic mass is 35.5. The Bertz CT molecular complexity index is 433. The van der Waals surface area contributed by atoms with Gasteiger partial charge >= 0.3 is 0 Å². The van der Waals surface area contributed by atoms with Crippen LogP contribution in [0, 0.1) is 5.92 Å². The minimum absolute atomic E-state index is 0.171. The summed E-state index contributed by atoms with van der Waals surface area (Å²) in [5, 5.41) is 3.14. The number of amides is 1. The van der Waals surface area contributed by atoms with Gasteiger partial charge in [0.05, 0.1) is 11.2 Å². The van der Waals surface area contributed by atoms with E-state index in [1.807, 2.05) is 13.8 Å². The molecule has 0 aliphatic rings. The van der Waals surface area contributed by atoms with Gasteiger partial charge < -0.3 is 5.32 Å². The number of rotatable bonds is 6. The second-order valence-corrected chi connectivity index (χ2v) is 5.78. The van der Waals surface area contributed by atoms with Gasteiger partial charge in [-0.25, -0.2) is 9.97 Å². The van der Waals surface area contributed by atoms with Crippen molar-refractivity contribution < 1.29 is 4.79 Å². The zero-order valence-corrected chi connectivity index (χ0v) is 12.8. The lowest BCUT2D eigenvalue weighted by Crippen LogP contribution is -2.26. The van der Waals surface area contributed by atoms with Gasteiger partial charge in [0.1, 0.15) is 11.5 Å². The summed E-state index contributed by atoms with van der Waals surface area (Å²) >= 11 is 5.97. The third-order valence-corrected chi connectivity index (χ3v) is 3.01. The smallest absolute Gasteiger partial charge is 0.271 e. The van der Waals surface area contributed by atoms with Gasteiger partial charge in [-0.2, -0.15) is 0 Å². The molecule has 1 aromatic rings. The number of aromatic nitrogens is 2. The van der Waals surface area contributed by atoms with Crippen LogP contribution >= 0.6 is 11.6 Å². The molecule has 106 valence electrons. The van der Waals surface area contributed by atoms with Crippen LogP contribution in [-0.4, -0.2) is 22.4 Å². The van der Waals surface area contributed by atoms with E-state index in [4.69, 9.17) is 11.6 Å². The Balaban J connectivity index is 2.63. The van der Waals surface area contributed by atoms with Crippen LogP contribution in [0.4, 0.5) is 0 Å². The summed E-state index contributed by atoms with van der Waals surface area (Å²) in [6, 6.07) is 0. The molecule has 19 heavy (non-hydrogen) atoms. The highest BCUT2D eigenvalue weighted by Crippen LogP contribution is 2.16. The third-order valence-electron chi connectivity index (χ3n) is 2.74. The fourth-order valence-electron chi connectivity index (χ4n) is 1.61. The van der Waals surface area contributed by atoms with Crippen molar-refractivity contribution in [3.8, 4) is 0 Å². The lowest BCUT2D eigenvalue weighted by molar-refractivity contribution is 0.0947. The SMILES string of the molecule is CC(C)CCCNC(=O)c1nc(C(C)C)ncc1Cl. The van der Waals surface area contributed by atoms with Gasteiger partial charge in [0, 0.05) is 12.5 Å². The van der Waals surface area contributed by atoms with Gasteiger partial charge in [0.2, 0.25) is 0 Å². The van der Waals surface area contributed by atoms with Crippen LogP contribution in [0.15, 0.2) is 6.20 Å². The number of hydrogen-bond acceptors (Lipinski definition) is 3. The van der Waals surface area contributed by atoms with Gasteiger partial charge in [0.25, 0.3) is 5.91 Å². The first-order valence-electron chi connectivity index (χ1n) is 6.72. The Hall–Kier alpha value is -1.16. The molecule has 0 atom stereocenters. The Morgan fingerprint density at radius 3 is 2.63 bits per heavy atom. The average Bonchev–Trinajstić information content (AvgIpc) is 2.34. The number of nitrogens with zero attached hydrogens (tertiary/aromatic N) is 2. The molecule has 1 aromatic heterocycles. The van der Waals surface area contributed by atoms with Gasteiger partial charge in [0.15, 0.2) is 0 Å². The fraction of sp³-hybridized carbons (Fsp3) is 0.643. The molecule has 5 heteroatoms. The number of carbonyl (C=O) groups excluding carboxylic acids is 1. The summed E-state index contributed by atoms with van der Waals surface area (Å²) in [6.07, 6.45) is 3.55. The van der Waals surface area contributed by atoms with Crippen LogP contribution < -0.4 is 5.32 Å². The van der Waals surface area contributed by atoms with Crippen molar-refractivity contribution in [1.82, 2.24) is 15.3 Å². The monoisotopic (exact) mass is 283 g/mol. The molecule has 4 nitrogen and oxygen atoms in total. The summed E-state index contributed by atoms with van der Waals surface area (Å²) in [5.74, 6) is 1.23. The summed E-state index contributed by atoms with van der Waals surface area (Å²) in [6.45, 7) is 8.94. The van der Waals surface area contributed by atoms with E-state index in [1.54, 1.807) is 0 Å². The zero-order valence-electron chi connectivity index (χ0n) is 12.0. The first-order chi connectivity index (χ1) is 8.91. The maximum atomic E-state index is 12.0. The van der Waals surface area contributed by atoms with Gasteiger partial charge in [-0.15, -0.1) is 0 Å². The molecular weight excluding hydrogens is 262 g/mol. The highest BCUT2D eigenvalue weighted by molar-refractivity contribution is 6.33. The lowest BCUT2D eigenvalue weighted by Gasteiger charge is -2.09.